The lowest BCUT2D eigenvalue weighted by Gasteiger charge is -2.37. The van der Waals surface area contributed by atoms with Gasteiger partial charge in [-0.1, -0.05) is 35.9 Å². The molecule has 1 aromatic carbocycles. The summed E-state index contributed by atoms with van der Waals surface area (Å²) in [7, 11) is 4.23. The Morgan fingerprint density at radius 2 is 1.70 bits per heavy atom. The van der Waals surface area contributed by atoms with Gasteiger partial charge in [0.1, 0.15) is 15.7 Å². The van der Waals surface area contributed by atoms with Crippen molar-refractivity contribution in [3.63, 3.8) is 0 Å². The summed E-state index contributed by atoms with van der Waals surface area (Å²) in [4.78, 5) is 4.35. The van der Waals surface area contributed by atoms with Crippen molar-refractivity contribution in [3.8, 4) is 17.3 Å². The Morgan fingerprint density at radius 3 is 2.20 bits per heavy atom. The third-order valence-corrected chi connectivity index (χ3v) is 4.41. The van der Waals surface area contributed by atoms with Gasteiger partial charge < -0.3 is 0 Å². The van der Waals surface area contributed by atoms with E-state index in [1.165, 1.54) is 5.56 Å². The molecule has 20 heavy (non-hydrogen) atoms. The normalized spacial score (nSPS) is 11.8. The fourth-order valence-corrected chi connectivity index (χ4v) is 2.09. The predicted molar refractivity (Wildman–Crippen MR) is 87.8 cm³/mol. The molecule has 98 valence electrons. The molecule has 0 amide bonds. The van der Waals surface area contributed by atoms with Crippen molar-refractivity contribution < 1.29 is 0 Å². The second kappa shape index (κ2) is 5.17. The number of benzene rings is 1. The van der Waals surface area contributed by atoms with Crippen LogP contribution >= 0.6 is 0 Å². The highest BCUT2D eigenvalue weighted by atomic mass is 14.7. The molecule has 2 aromatic rings. The largest absolute Gasteiger partial charge is 0.256 e. The minimum Gasteiger partial charge on any atom is -0.256 e. The highest BCUT2D eigenvalue weighted by Gasteiger charge is 2.38. The van der Waals surface area contributed by atoms with Crippen molar-refractivity contribution in [2.45, 2.75) is 19.1 Å². The van der Waals surface area contributed by atoms with Crippen LogP contribution in [0, 0.1) is 16.7 Å². The van der Waals surface area contributed by atoms with Crippen molar-refractivity contribution in [2.24, 2.45) is 5.41 Å². The molecule has 0 saturated carbocycles. The first-order chi connectivity index (χ1) is 9.38. The summed E-state index contributed by atoms with van der Waals surface area (Å²) >= 11 is 0. The van der Waals surface area contributed by atoms with Gasteiger partial charge in [0.2, 0.25) is 0 Å². The molecule has 2 rings (SSSR count). The van der Waals surface area contributed by atoms with Crippen LogP contribution < -0.4 is 0 Å². The van der Waals surface area contributed by atoms with Gasteiger partial charge in [-0.3, -0.25) is 4.98 Å². The third-order valence-electron chi connectivity index (χ3n) is 4.41. The van der Waals surface area contributed by atoms with Crippen molar-refractivity contribution in [1.82, 2.24) is 4.98 Å². The van der Waals surface area contributed by atoms with E-state index >= 15 is 0 Å². The molecule has 0 fully saturated rings. The second-order valence-electron chi connectivity index (χ2n) is 6.15. The standard InChI is InChI=1S/C16H18B2N2/c1-15(2,11-19)16(17,18)13-8-6-12(7-9-13)14-5-3-4-10-20-14/h3-10H,17-18H2,1-2H3. The van der Waals surface area contributed by atoms with E-state index in [-0.39, 0.29) is 5.21 Å². The van der Waals surface area contributed by atoms with E-state index < -0.39 is 5.41 Å². The van der Waals surface area contributed by atoms with Gasteiger partial charge in [-0.15, -0.1) is 0 Å². The summed E-state index contributed by atoms with van der Waals surface area (Å²) in [6.07, 6.45) is 1.80. The molecular formula is C16H18B2N2. The van der Waals surface area contributed by atoms with Crippen LogP contribution in [-0.4, -0.2) is 20.7 Å². The zero-order chi connectivity index (χ0) is 14.8. The Bertz CT molecular complexity index is 626. The number of pyridine rings is 1. The van der Waals surface area contributed by atoms with Crippen LogP contribution in [0.15, 0.2) is 48.7 Å². The van der Waals surface area contributed by atoms with Gasteiger partial charge in [0.15, 0.2) is 0 Å². The first-order valence-electron chi connectivity index (χ1n) is 6.82. The van der Waals surface area contributed by atoms with E-state index in [4.69, 9.17) is 0 Å². The number of hydrogen-bond acceptors (Lipinski definition) is 2. The molecule has 0 unspecified atom stereocenters. The summed E-state index contributed by atoms with van der Waals surface area (Å²) in [5.41, 5.74) is 2.82. The molecule has 4 heteroatoms. The van der Waals surface area contributed by atoms with Gasteiger partial charge in [-0.2, -0.15) is 5.26 Å². The maximum absolute atomic E-state index is 9.36. The highest BCUT2D eigenvalue weighted by Crippen LogP contribution is 2.36. The molecule has 0 aliphatic rings. The molecule has 0 aliphatic heterocycles. The van der Waals surface area contributed by atoms with Crippen LogP contribution in [0.1, 0.15) is 19.4 Å². The summed E-state index contributed by atoms with van der Waals surface area (Å²) in [5, 5.41) is 9.16. The topological polar surface area (TPSA) is 36.7 Å². The lowest BCUT2D eigenvalue weighted by atomic mass is 9.41. The summed E-state index contributed by atoms with van der Waals surface area (Å²) < 4.78 is 0. The first-order valence-corrected chi connectivity index (χ1v) is 6.82. The van der Waals surface area contributed by atoms with Crippen LogP contribution in [-0.2, 0) is 5.21 Å². The lowest BCUT2D eigenvalue weighted by molar-refractivity contribution is 0.432. The fourth-order valence-electron chi connectivity index (χ4n) is 2.09. The summed E-state index contributed by atoms with van der Waals surface area (Å²) in [6, 6.07) is 16.7. The monoisotopic (exact) mass is 260 g/mol. The predicted octanol–water partition coefficient (Wildman–Crippen LogP) is 1.72. The first kappa shape index (κ1) is 14.4. The van der Waals surface area contributed by atoms with Crippen LogP contribution in [0.4, 0.5) is 0 Å². The Balaban J connectivity index is 2.37. The van der Waals surface area contributed by atoms with Crippen LogP contribution in [0.3, 0.4) is 0 Å². The zero-order valence-electron chi connectivity index (χ0n) is 12.5. The SMILES string of the molecule is BC(B)(c1ccc(-c2ccccn2)cc1)C(C)(C)C#N. The number of nitrogens with zero attached hydrogens (tertiary/aromatic N) is 2. The Morgan fingerprint density at radius 1 is 1.05 bits per heavy atom. The van der Waals surface area contributed by atoms with Gasteiger partial charge in [0, 0.05) is 17.2 Å². The van der Waals surface area contributed by atoms with E-state index in [0.29, 0.717) is 0 Å². The second-order valence-corrected chi connectivity index (χ2v) is 6.15. The van der Waals surface area contributed by atoms with Crippen molar-refractivity contribution in [3.05, 3.63) is 54.2 Å². The molecule has 0 aliphatic carbocycles. The molecule has 0 spiro atoms. The Labute approximate surface area is 122 Å². The molecule has 0 atom stereocenters. The maximum Gasteiger partial charge on any atom is 0.106 e. The average molecular weight is 260 g/mol. The van der Waals surface area contributed by atoms with E-state index in [1.807, 2.05) is 32.0 Å². The third kappa shape index (κ3) is 2.49. The molecule has 2 nitrogen and oxygen atoms in total. The summed E-state index contributed by atoms with van der Waals surface area (Å²) in [5.74, 6) is 0. The van der Waals surface area contributed by atoms with Gasteiger partial charge in [0.05, 0.1) is 11.8 Å². The molecule has 0 N–H and O–H groups in total. The number of rotatable bonds is 3. The summed E-state index contributed by atoms with van der Waals surface area (Å²) in [6.45, 7) is 3.97. The molecule has 1 heterocycles. The van der Waals surface area contributed by atoms with Crippen molar-refractivity contribution in [2.75, 3.05) is 0 Å². The highest BCUT2D eigenvalue weighted by molar-refractivity contribution is 6.41. The Kier molecular flexibility index (Phi) is 3.72. The average Bonchev–Trinajstić information content (AvgIpc) is 2.48. The van der Waals surface area contributed by atoms with Crippen LogP contribution in [0.5, 0.6) is 0 Å². The number of aromatic nitrogens is 1. The van der Waals surface area contributed by atoms with Gasteiger partial charge in [-0.05, 0) is 31.2 Å². The molecular weight excluding hydrogens is 242 g/mol. The fraction of sp³-hybridized carbons (Fsp3) is 0.250. The molecule has 0 saturated heterocycles. The molecule has 1 aromatic heterocycles. The van der Waals surface area contributed by atoms with E-state index in [0.717, 1.165) is 11.3 Å². The smallest absolute Gasteiger partial charge is 0.106 e. The maximum atomic E-state index is 9.36. The van der Waals surface area contributed by atoms with Gasteiger partial charge in [-0.25, -0.2) is 0 Å². The minimum atomic E-state index is -0.417. The van der Waals surface area contributed by atoms with Crippen molar-refractivity contribution in [1.29, 1.82) is 5.26 Å². The van der Waals surface area contributed by atoms with Gasteiger partial charge in [0.25, 0.3) is 0 Å². The van der Waals surface area contributed by atoms with Crippen LogP contribution in [0.2, 0.25) is 0 Å². The Hall–Kier alpha value is -2.01. The molecule has 0 radical (unpaired) electrons. The minimum absolute atomic E-state index is 0.204. The van der Waals surface area contributed by atoms with Crippen LogP contribution in [0.25, 0.3) is 11.3 Å². The number of hydrogen-bond donors (Lipinski definition) is 0. The van der Waals surface area contributed by atoms with E-state index in [2.05, 4.69) is 51.0 Å². The van der Waals surface area contributed by atoms with Gasteiger partial charge >= 0.3 is 0 Å². The van der Waals surface area contributed by atoms with E-state index in [9.17, 15) is 5.26 Å². The zero-order valence-corrected chi connectivity index (χ0v) is 12.5. The van der Waals surface area contributed by atoms with Crippen molar-refractivity contribution >= 4 is 15.7 Å². The lowest BCUT2D eigenvalue weighted by Crippen LogP contribution is -2.42. The quantitative estimate of drug-likeness (QED) is 0.788. The molecule has 0 bridgehead atoms. The number of nitriles is 1. The van der Waals surface area contributed by atoms with E-state index in [1.54, 1.807) is 6.20 Å².